The van der Waals surface area contributed by atoms with Gasteiger partial charge in [-0.05, 0) is 143 Å². The molecule has 0 atom stereocenters. The molecule has 0 radical (unpaired) electrons. The van der Waals surface area contributed by atoms with E-state index >= 15 is 0 Å². The van der Waals surface area contributed by atoms with Gasteiger partial charge >= 0.3 is 0 Å². The van der Waals surface area contributed by atoms with Crippen LogP contribution in [0.25, 0.3) is 22.3 Å². The molecule has 9 rings (SSSR count). The van der Waals surface area contributed by atoms with Crippen LogP contribution in [0.1, 0.15) is 41.7 Å². The smallest absolute Gasteiger partial charge is 0.0601 e. The number of para-hydroxylation sites is 1. The van der Waals surface area contributed by atoms with Crippen molar-refractivity contribution in [2.24, 2.45) is 0 Å². The predicted octanol–water partition coefficient (Wildman–Crippen LogP) is 13.5. The molecule has 0 N–H and O–H groups in total. The first-order valence-corrected chi connectivity index (χ1v) is 18.6. The molecule has 0 fully saturated rings. The molecule has 2 heterocycles. The Morgan fingerprint density at radius 1 is 0.588 bits per heavy atom. The number of hydrogen-bond acceptors (Lipinski definition) is 3. The van der Waals surface area contributed by atoms with Gasteiger partial charge in [0.05, 0.1) is 11.4 Å². The largest absolute Gasteiger partial charge is 0.311 e. The van der Waals surface area contributed by atoms with Crippen LogP contribution in [0.15, 0.2) is 168 Å². The van der Waals surface area contributed by atoms with Crippen molar-refractivity contribution in [1.82, 2.24) is 0 Å². The highest BCUT2D eigenvalue weighted by molar-refractivity contribution is 7.99. The molecule has 6 aromatic carbocycles. The number of hydrogen-bond donors (Lipinski definition) is 0. The van der Waals surface area contributed by atoms with Crippen LogP contribution in [0.3, 0.4) is 0 Å². The molecule has 0 spiro atoms. The summed E-state index contributed by atoms with van der Waals surface area (Å²) < 4.78 is 0. The third kappa shape index (κ3) is 5.27. The fraction of sp³-hybridized carbons (Fsp3) is 0.125. The molecule has 0 aromatic heterocycles. The molecule has 2 aliphatic heterocycles. The van der Waals surface area contributed by atoms with Crippen molar-refractivity contribution >= 4 is 40.2 Å². The molecular weight excluding hydrogens is 637 g/mol. The third-order valence-electron chi connectivity index (χ3n) is 10.7. The summed E-state index contributed by atoms with van der Waals surface area (Å²) in [6.07, 6.45) is 9.37. The first-order chi connectivity index (χ1) is 24.8. The summed E-state index contributed by atoms with van der Waals surface area (Å²) in [5, 5.41) is 0. The van der Waals surface area contributed by atoms with Gasteiger partial charge in [0.25, 0.3) is 0 Å². The number of rotatable bonds is 3. The molecule has 6 aromatic rings. The van der Waals surface area contributed by atoms with Crippen LogP contribution in [0.5, 0.6) is 0 Å². The maximum Gasteiger partial charge on any atom is 0.0601 e. The standard InChI is InChI=1S/C48H40N2S/c1-31-16-23-44-46(26-31)51-47-27-32(2)17-24-45(47)50(44)38-20-22-40-39-21-18-35(29-41(39)48(4,5)42(40)30-38)34-19-25-43-36(28-34)13-9-6-8-12-33(3)49(43)37-14-10-7-11-15-37/h6-12,14-30H,3,13H2,1-2,4-5H3/b9-6-,12-8-. The van der Waals surface area contributed by atoms with E-state index in [0.29, 0.717) is 0 Å². The highest BCUT2D eigenvalue weighted by atomic mass is 32.2. The average Bonchev–Trinajstić information content (AvgIpc) is 3.40. The Morgan fingerprint density at radius 2 is 1.22 bits per heavy atom. The lowest BCUT2D eigenvalue weighted by Crippen LogP contribution is -2.18. The molecule has 248 valence electrons. The van der Waals surface area contributed by atoms with E-state index in [9.17, 15) is 0 Å². The first-order valence-electron chi connectivity index (χ1n) is 17.8. The molecule has 51 heavy (non-hydrogen) atoms. The minimum Gasteiger partial charge on any atom is -0.311 e. The van der Waals surface area contributed by atoms with E-state index in [-0.39, 0.29) is 5.41 Å². The van der Waals surface area contributed by atoms with Crippen molar-refractivity contribution < 1.29 is 0 Å². The van der Waals surface area contributed by atoms with Crippen LogP contribution in [0.4, 0.5) is 28.4 Å². The number of aryl methyl sites for hydroxylation is 2. The predicted molar refractivity (Wildman–Crippen MR) is 217 cm³/mol. The van der Waals surface area contributed by atoms with Gasteiger partial charge in [0.15, 0.2) is 0 Å². The monoisotopic (exact) mass is 676 g/mol. The Kier molecular flexibility index (Phi) is 7.45. The highest BCUT2D eigenvalue weighted by Crippen LogP contribution is 2.55. The maximum absolute atomic E-state index is 4.44. The van der Waals surface area contributed by atoms with E-state index in [1.165, 1.54) is 76.9 Å². The molecule has 2 nitrogen and oxygen atoms in total. The Bertz CT molecular complexity index is 2400. The molecule has 3 aliphatic rings. The van der Waals surface area contributed by atoms with Crippen molar-refractivity contribution in [3.05, 3.63) is 186 Å². The van der Waals surface area contributed by atoms with Crippen molar-refractivity contribution in [1.29, 1.82) is 0 Å². The molecule has 0 saturated heterocycles. The van der Waals surface area contributed by atoms with E-state index in [0.717, 1.165) is 23.5 Å². The van der Waals surface area contributed by atoms with Gasteiger partial charge in [-0.25, -0.2) is 0 Å². The van der Waals surface area contributed by atoms with Crippen LogP contribution in [0, 0.1) is 13.8 Å². The lowest BCUT2D eigenvalue weighted by atomic mass is 9.81. The second kappa shape index (κ2) is 12.1. The fourth-order valence-corrected chi connectivity index (χ4v) is 9.30. The van der Waals surface area contributed by atoms with Crippen LogP contribution in [0.2, 0.25) is 0 Å². The van der Waals surface area contributed by atoms with E-state index in [1.807, 2.05) is 11.8 Å². The van der Waals surface area contributed by atoms with Gasteiger partial charge in [0.1, 0.15) is 0 Å². The average molecular weight is 677 g/mol. The van der Waals surface area contributed by atoms with Crippen molar-refractivity contribution in [3.63, 3.8) is 0 Å². The minimum absolute atomic E-state index is 0.161. The lowest BCUT2D eigenvalue weighted by Gasteiger charge is -2.34. The summed E-state index contributed by atoms with van der Waals surface area (Å²) in [5.74, 6) is 0. The maximum atomic E-state index is 4.44. The SMILES string of the molecule is C=C1/C=C\C=C/Cc2cc(-c3ccc4c(c3)C(C)(C)c3cc(N5c6ccc(C)cc6Sc6cc(C)ccc65)ccc3-4)ccc2N1c1ccccc1. The zero-order chi connectivity index (χ0) is 34.9. The summed E-state index contributed by atoms with van der Waals surface area (Å²) in [5.41, 5.74) is 18.5. The zero-order valence-electron chi connectivity index (χ0n) is 29.6. The van der Waals surface area contributed by atoms with Gasteiger partial charge < -0.3 is 9.80 Å². The van der Waals surface area contributed by atoms with Gasteiger partial charge in [-0.3, -0.25) is 0 Å². The summed E-state index contributed by atoms with van der Waals surface area (Å²) in [4.78, 5) is 7.33. The summed E-state index contributed by atoms with van der Waals surface area (Å²) in [7, 11) is 0. The zero-order valence-corrected chi connectivity index (χ0v) is 30.4. The Hall–Kier alpha value is -5.51. The molecular formula is C48H40N2S. The van der Waals surface area contributed by atoms with Gasteiger partial charge in [0.2, 0.25) is 0 Å². The molecule has 0 bridgehead atoms. The van der Waals surface area contributed by atoms with E-state index < -0.39 is 0 Å². The fourth-order valence-electron chi connectivity index (χ4n) is 8.04. The van der Waals surface area contributed by atoms with Crippen LogP contribution >= 0.6 is 11.8 Å². The number of allylic oxidation sites excluding steroid dienone is 4. The molecule has 0 unspecified atom stereocenters. The molecule has 0 saturated carbocycles. The number of benzene rings is 6. The Balaban J connectivity index is 1.11. The van der Waals surface area contributed by atoms with Crippen LogP contribution in [-0.2, 0) is 11.8 Å². The Labute approximate surface area is 306 Å². The van der Waals surface area contributed by atoms with Gasteiger partial charge in [-0.1, -0.05) is 105 Å². The quantitative estimate of drug-likeness (QED) is 0.184. The van der Waals surface area contributed by atoms with Crippen LogP contribution in [-0.4, -0.2) is 0 Å². The third-order valence-corrected chi connectivity index (χ3v) is 11.8. The first kappa shape index (κ1) is 31.5. The Morgan fingerprint density at radius 3 is 1.94 bits per heavy atom. The second-order valence-electron chi connectivity index (χ2n) is 14.5. The van der Waals surface area contributed by atoms with Crippen molar-refractivity contribution in [3.8, 4) is 22.3 Å². The van der Waals surface area contributed by atoms with Gasteiger partial charge in [-0.15, -0.1) is 0 Å². The van der Waals surface area contributed by atoms with E-state index in [2.05, 4.69) is 190 Å². The van der Waals surface area contributed by atoms with Crippen molar-refractivity contribution in [2.45, 2.75) is 49.3 Å². The van der Waals surface area contributed by atoms with Gasteiger partial charge in [0, 0.05) is 38.0 Å². The normalized spacial score (nSPS) is 16.5. The second-order valence-corrected chi connectivity index (χ2v) is 15.6. The van der Waals surface area contributed by atoms with Crippen molar-refractivity contribution in [2.75, 3.05) is 9.80 Å². The van der Waals surface area contributed by atoms with E-state index in [1.54, 1.807) is 0 Å². The highest BCUT2D eigenvalue weighted by Gasteiger charge is 2.37. The molecule has 1 aliphatic carbocycles. The molecule has 0 amide bonds. The van der Waals surface area contributed by atoms with Gasteiger partial charge in [-0.2, -0.15) is 0 Å². The number of fused-ring (bicyclic) bond motifs is 6. The number of nitrogens with zero attached hydrogens (tertiary/aromatic N) is 2. The lowest BCUT2D eigenvalue weighted by molar-refractivity contribution is 0.660. The number of anilines is 5. The topological polar surface area (TPSA) is 6.48 Å². The summed E-state index contributed by atoms with van der Waals surface area (Å²) >= 11 is 1.88. The molecule has 3 heteroatoms. The summed E-state index contributed by atoms with van der Waals surface area (Å²) in [6.45, 7) is 13.6. The van der Waals surface area contributed by atoms with Crippen LogP contribution < -0.4 is 9.80 Å². The summed E-state index contributed by atoms with van der Waals surface area (Å²) in [6, 6.07) is 45.3. The van der Waals surface area contributed by atoms with E-state index in [4.69, 9.17) is 0 Å². The minimum atomic E-state index is -0.161.